The Labute approximate surface area is 227 Å². The van der Waals surface area contributed by atoms with Gasteiger partial charge in [-0.2, -0.15) is 0 Å². The van der Waals surface area contributed by atoms with Gasteiger partial charge in [-0.25, -0.2) is 0 Å². The second kappa shape index (κ2) is 14.4. The summed E-state index contributed by atoms with van der Waals surface area (Å²) in [6.07, 6.45) is 4.44. The number of benzene rings is 2. The third-order valence-electron chi connectivity index (χ3n) is 7.06. The molecule has 1 aliphatic heterocycles. The molecule has 7 heteroatoms. The molecule has 0 radical (unpaired) electrons. The van der Waals surface area contributed by atoms with E-state index in [1.165, 1.54) is 0 Å². The third kappa shape index (κ3) is 7.28. The Morgan fingerprint density at radius 1 is 1.11 bits per heavy atom. The number of piperidine rings is 1. The normalized spacial score (nSPS) is 15.5. The molecule has 1 aromatic heterocycles. The number of halogens is 1. The van der Waals surface area contributed by atoms with Crippen molar-refractivity contribution in [2.24, 2.45) is 0 Å². The highest BCUT2D eigenvalue weighted by Gasteiger charge is 2.30. The summed E-state index contributed by atoms with van der Waals surface area (Å²) in [5, 5.41) is 4.54. The van der Waals surface area contributed by atoms with Gasteiger partial charge in [-0.05, 0) is 63.8 Å². The Bertz CT molecular complexity index is 1110. The average Bonchev–Trinajstić information content (AvgIpc) is 3.18. The van der Waals surface area contributed by atoms with Crippen molar-refractivity contribution < 1.29 is 14.3 Å². The predicted octanol–water partition coefficient (Wildman–Crippen LogP) is 5.60. The summed E-state index contributed by atoms with van der Waals surface area (Å²) in [5.41, 5.74) is 3.21. The van der Waals surface area contributed by atoms with E-state index >= 15 is 0 Å². The Kier molecular flexibility index (Phi) is 11.3. The van der Waals surface area contributed by atoms with Crippen LogP contribution in [0.15, 0.2) is 54.6 Å². The minimum atomic E-state index is 0. The second-order valence-electron chi connectivity index (χ2n) is 9.99. The molecule has 2 aromatic carbocycles. The number of ether oxygens (including phenoxy) is 2. The number of carbonyl (C=O) groups is 1. The van der Waals surface area contributed by atoms with Gasteiger partial charge >= 0.3 is 0 Å². The van der Waals surface area contributed by atoms with E-state index in [1.807, 2.05) is 24.3 Å². The summed E-state index contributed by atoms with van der Waals surface area (Å²) in [4.78, 5) is 16.0. The van der Waals surface area contributed by atoms with Gasteiger partial charge in [0.15, 0.2) is 0 Å². The van der Waals surface area contributed by atoms with Crippen molar-refractivity contribution in [3.8, 4) is 5.75 Å². The van der Waals surface area contributed by atoms with Crippen molar-refractivity contribution in [2.75, 3.05) is 26.8 Å². The lowest BCUT2D eigenvalue weighted by atomic mass is 10.0. The van der Waals surface area contributed by atoms with Gasteiger partial charge in [0.2, 0.25) is 5.91 Å². The number of unbranched alkanes of at least 4 members (excludes halogenated alkanes) is 1. The molecular formula is C30H42ClN3O3. The van der Waals surface area contributed by atoms with Crippen molar-refractivity contribution in [1.29, 1.82) is 0 Å². The first-order valence-electron chi connectivity index (χ1n) is 13.4. The summed E-state index contributed by atoms with van der Waals surface area (Å²) in [5.74, 6) is 1.00. The quantitative estimate of drug-likeness (QED) is 0.311. The Morgan fingerprint density at radius 2 is 1.86 bits per heavy atom. The van der Waals surface area contributed by atoms with E-state index in [4.69, 9.17) is 9.47 Å². The molecule has 0 spiro atoms. The maximum Gasteiger partial charge on any atom is 0.229 e. The molecule has 1 N–H and O–H groups in total. The van der Waals surface area contributed by atoms with E-state index < -0.39 is 0 Å². The van der Waals surface area contributed by atoms with Crippen LogP contribution in [-0.2, 0) is 29.1 Å². The smallest absolute Gasteiger partial charge is 0.229 e. The molecule has 1 aliphatic rings. The number of hydrogen-bond donors (Lipinski definition) is 1. The van der Waals surface area contributed by atoms with Crippen molar-refractivity contribution in [3.05, 3.63) is 65.9 Å². The van der Waals surface area contributed by atoms with E-state index in [9.17, 15) is 4.79 Å². The molecule has 202 valence electrons. The van der Waals surface area contributed by atoms with Crippen LogP contribution in [0.25, 0.3) is 10.9 Å². The largest absolute Gasteiger partial charge is 0.486 e. The number of carbonyl (C=O) groups excluding carboxylic acids is 1. The minimum Gasteiger partial charge on any atom is -0.486 e. The van der Waals surface area contributed by atoms with Crippen molar-refractivity contribution in [2.45, 2.75) is 71.2 Å². The van der Waals surface area contributed by atoms with Gasteiger partial charge < -0.3 is 24.3 Å². The molecule has 2 heterocycles. The van der Waals surface area contributed by atoms with Crippen LogP contribution in [0.3, 0.4) is 0 Å². The molecule has 1 fully saturated rings. The highest BCUT2D eigenvalue weighted by atomic mass is 35.5. The lowest BCUT2D eigenvalue weighted by molar-refractivity contribution is -0.135. The molecule has 37 heavy (non-hydrogen) atoms. The molecule has 1 atom stereocenters. The van der Waals surface area contributed by atoms with E-state index in [1.54, 1.807) is 7.11 Å². The first kappa shape index (κ1) is 29.0. The fourth-order valence-electron chi connectivity index (χ4n) is 5.38. The number of methoxy groups -OCH3 is 1. The molecule has 0 bridgehead atoms. The van der Waals surface area contributed by atoms with Crippen LogP contribution in [0.2, 0.25) is 0 Å². The van der Waals surface area contributed by atoms with E-state index in [0.29, 0.717) is 13.0 Å². The monoisotopic (exact) mass is 527 g/mol. The summed E-state index contributed by atoms with van der Waals surface area (Å²) in [6, 6.07) is 19.0. The maximum absolute atomic E-state index is 13.9. The van der Waals surface area contributed by atoms with Crippen LogP contribution in [-0.4, -0.2) is 54.3 Å². The Balaban J connectivity index is 0.00000380. The third-order valence-corrected chi connectivity index (χ3v) is 7.06. The second-order valence-corrected chi connectivity index (χ2v) is 9.99. The Hall–Kier alpha value is -2.54. The van der Waals surface area contributed by atoms with Crippen molar-refractivity contribution >= 4 is 29.2 Å². The zero-order chi connectivity index (χ0) is 25.3. The highest BCUT2D eigenvalue weighted by molar-refractivity contribution is 5.91. The molecule has 0 unspecified atom stereocenters. The van der Waals surface area contributed by atoms with Gasteiger partial charge in [0, 0.05) is 44.3 Å². The molecular weight excluding hydrogens is 486 g/mol. The van der Waals surface area contributed by atoms with Gasteiger partial charge in [-0.1, -0.05) is 42.5 Å². The van der Waals surface area contributed by atoms with Crippen LogP contribution in [0.4, 0.5) is 0 Å². The first-order chi connectivity index (χ1) is 17.6. The lowest BCUT2D eigenvalue weighted by Crippen LogP contribution is -2.52. The van der Waals surface area contributed by atoms with Gasteiger partial charge in [0.1, 0.15) is 12.4 Å². The molecule has 0 saturated carbocycles. The van der Waals surface area contributed by atoms with Crippen LogP contribution in [0.5, 0.6) is 5.75 Å². The molecule has 4 rings (SSSR count). The SMILES string of the molecule is COCCCCn1c(CC(=O)N(C(C)C)[C@@H]2CCCNC2)c(OCc2ccccc2)c2ccccc21.Cl. The lowest BCUT2D eigenvalue weighted by Gasteiger charge is -2.38. The van der Waals surface area contributed by atoms with Gasteiger partial charge in [-0.3, -0.25) is 4.79 Å². The summed E-state index contributed by atoms with van der Waals surface area (Å²) in [6.45, 7) is 8.18. The average molecular weight is 528 g/mol. The number of nitrogens with one attached hydrogen (secondary N) is 1. The fraction of sp³-hybridized carbons (Fsp3) is 0.500. The highest BCUT2D eigenvalue weighted by Crippen LogP contribution is 2.35. The number of rotatable bonds is 12. The Morgan fingerprint density at radius 3 is 2.57 bits per heavy atom. The molecule has 1 amide bonds. The zero-order valence-corrected chi connectivity index (χ0v) is 23.3. The predicted molar refractivity (Wildman–Crippen MR) is 153 cm³/mol. The van der Waals surface area contributed by atoms with Crippen LogP contribution in [0.1, 0.15) is 50.8 Å². The molecule has 3 aromatic rings. The van der Waals surface area contributed by atoms with Gasteiger partial charge in [0.05, 0.1) is 17.6 Å². The molecule has 1 saturated heterocycles. The van der Waals surface area contributed by atoms with E-state index in [0.717, 1.165) is 79.8 Å². The number of nitrogens with zero attached hydrogens (tertiary/aromatic N) is 2. The number of aromatic nitrogens is 1. The summed E-state index contributed by atoms with van der Waals surface area (Å²) < 4.78 is 14.1. The standard InChI is InChI=1S/C30H41N3O3.ClH/c1-23(2)33(25-14-11-17-31-21-25)29(34)20-28-30(36-22-24-12-5-4-6-13-24)26-15-7-8-16-27(26)32(28)18-9-10-19-35-3;/h4-8,12-13,15-16,23,25,31H,9-11,14,17-22H2,1-3H3;1H/t25-;/m1./s1. The van der Waals surface area contributed by atoms with Crippen LogP contribution < -0.4 is 10.1 Å². The minimum absolute atomic E-state index is 0. The van der Waals surface area contributed by atoms with Crippen LogP contribution >= 0.6 is 12.4 Å². The maximum atomic E-state index is 13.9. The molecule has 0 aliphatic carbocycles. The van der Waals surface area contributed by atoms with E-state index in [-0.39, 0.29) is 30.4 Å². The summed E-state index contributed by atoms with van der Waals surface area (Å²) in [7, 11) is 1.74. The zero-order valence-electron chi connectivity index (χ0n) is 22.4. The van der Waals surface area contributed by atoms with Crippen LogP contribution in [0, 0.1) is 0 Å². The topological polar surface area (TPSA) is 55.7 Å². The van der Waals surface area contributed by atoms with Crippen molar-refractivity contribution in [3.63, 3.8) is 0 Å². The van der Waals surface area contributed by atoms with Crippen molar-refractivity contribution in [1.82, 2.24) is 14.8 Å². The fourth-order valence-corrected chi connectivity index (χ4v) is 5.38. The number of para-hydroxylation sites is 1. The van der Waals surface area contributed by atoms with Gasteiger partial charge in [0.25, 0.3) is 0 Å². The van der Waals surface area contributed by atoms with Gasteiger partial charge in [-0.15, -0.1) is 12.4 Å². The number of amides is 1. The van der Waals surface area contributed by atoms with E-state index in [2.05, 4.69) is 59.0 Å². The number of hydrogen-bond acceptors (Lipinski definition) is 4. The number of fused-ring (bicyclic) bond motifs is 1. The first-order valence-corrected chi connectivity index (χ1v) is 13.4. The number of aryl methyl sites for hydroxylation is 1. The summed E-state index contributed by atoms with van der Waals surface area (Å²) >= 11 is 0. The molecule has 6 nitrogen and oxygen atoms in total.